The molecule has 16 heavy (non-hydrogen) atoms. The maximum Gasteiger partial charge on any atom is 0.184 e. The number of aliphatic hydroxyl groups is 3. The largest absolute Gasteiger partial charge is 0.386 e. The van der Waals surface area contributed by atoms with E-state index in [-0.39, 0.29) is 6.42 Å². The highest BCUT2D eigenvalue weighted by Crippen LogP contribution is 2.28. The first kappa shape index (κ1) is 13.1. The van der Waals surface area contributed by atoms with Crippen LogP contribution in [0.15, 0.2) is 23.8 Å². The summed E-state index contributed by atoms with van der Waals surface area (Å²) in [5.74, 6) is -0.415. The van der Waals surface area contributed by atoms with Gasteiger partial charge in [0.05, 0.1) is 11.2 Å². The minimum absolute atomic E-state index is 0.0200. The van der Waals surface area contributed by atoms with E-state index in [1.807, 2.05) is 0 Å². The topological polar surface area (TPSA) is 77.8 Å². The van der Waals surface area contributed by atoms with Gasteiger partial charge in [-0.2, -0.15) is 0 Å². The second kappa shape index (κ2) is 4.13. The molecule has 4 heteroatoms. The van der Waals surface area contributed by atoms with Crippen LogP contribution >= 0.6 is 0 Å². The van der Waals surface area contributed by atoms with E-state index < -0.39 is 23.1 Å². The molecule has 0 aromatic carbocycles. The van der Waals surface area contributed by atoms with Crippen LogP contribution in [0.3, 0.4) is 0 Å². The quantitative estimate of drug-likeness (QED) is 0.634. The predicted molar refractivity (Wildman–Crippen MR) is 59.8 cm³/mol. The lowest BCUT2D eigenvalue weighted by molar-refractivity contribution is -0.126. The molecule has 0 radical (unpaired) electrons. The molecule has 0 amide bonds. The molecule has 0 fully saturated rings. The third-order valence-corrected chi connectivity index (χ3v) is 2.51. The van der Waals surface area contributed by atoms with Crippen molar-refractivity contribution in [1.82, 2.24) is 0 Å². The number of ketones is 1. The molecule has 90 valence electrons. The van der Waals surface area contributed by atoms with E-state index in [1.54, 1.807) is 13.8 Å². The van der Waals surface area contributed by atoms with Crippen molar-refractivity contribution >= 4 is 5.78 Å². The lowest BCUT2D eigenvalue weighted by atomic mass is 9.82. The molecular weight excluding hydrogens is 208 g/mol. The van der Waals surface area contributed by atoms with Gasteiger partial charge in [0.1, 0.15) is 6.10 Å². The Hall–Kier alpha value is -0.970. The first-order chi connectivity index (χ1) is 7.12. The minimum atomic E-state index is -1.24. The van der Waals surface area contributed by atoms with Crippen LogP contribution in [0.2, 0.25) is 0 Å². The first-order valence-electron chi connectivity index (χ1n) is 5.20. The Kier molecular flexibility index (Phi) is 3.38. The molecular formula is C12H18O4. The molecule has 1 aliphatic carbocycles. The molecule has 0 aliphatic heterocycles. The van der Waals surface area contributed by atoms with Crippen LogP contribution in [0.5, 0.6) is 0 Å². The first-order valence-corrected chi connectivity index (χ1v) is 5.20. The Morgan fingerprint density at radius 2 is 2.12 bits per heavy atom. The van der Waals surface area contributed by atoms with E-state index >= 15 is 0 Å². The van der Waals surface area contributed by atoms with E-state index in [9.17, 15) is 20.1 Å². The zero-order valence-corrected chi connectivity index (χ0v) is 9.77. The van der Waals surface area contributed by atoms with Crippen LogP contribution in [0.4, 0.5) is 0 Å². The molecule has 0 bridgehead atoms. The zero-order valence-electron chi connectivity index (χ0n) is 9.77. The van der Waals surface area contributed by atoms with Gasteiger partial charge in [-0.25, -0.2) is 0 Å². The average Bonchev–Trinajstić information content (AvgIpc) is 2.07. The number of rotatable bonds is 2. The van der Waals surface area contributed by atoms with Gasteiger partial charge in [0.15, 0.2) is 5.78 Å². The summed E-state index contributed by atoms with van der Waals surface area (Å²) in [6, 6.07) is 0. The Morgan fingerprint density at radius 1 is 1.56 bits per heavy atom. The molecule has 4 nitrogen and oxygen atoms in total. The second-order valence-electron chi connectivity index (χ2n) is 4.98. The SMILES string of the molecule is CC(C)(O)/C=C/C1=CC(=O)[C@H](O)C[C@]1(C)O. The van der Waals surface area contributed by atoms with Gasteiger partial charge in [0.25, 0.3) is 0 Å². The highest BCUT2D eigenvalue weighted by molar-refractivity contribution is 5.96. The Bertz CT molecular complexity index is 345. The summed E-state index contributed by atoms with van der Waals surface area (Å²) in [6.45, 7) is 4.72. The second-order valence-corrected chi connectivity index (χ2v) is 4.98. The fraction of sp³-hybridized carbons (Fsp3) is 0.583. The van der Waals surface area contributed by atoms with Gasteiger partial charge in [0, 0.05) is 6.42 Å². The third-order valence-electron chi connectivity index (χ3n) is 2.51. The zero-order chi connectivity index (χ0) is 12.6. The summed E-state index contributed by atoms with van der Waals surface area (Å²) in [4.78, 5) is 11.3. The summed E-state index contributed by atoms with van der Waals surface area (Å²) >= 11 is 0. The molecule has 1 rings (SSSR count). The van der Waals surface area contributed by atoms with Crippen LogP contribution in [0, 0.1) is 0 Å². The molecule has 0 unspecified atom stereocenters. The Balaban J connectivity index is 2.98. The van der Waals surface area contributed by atoms with E-state index in [4.69, 9.17) is 0 Å². The molecule has 0 aromatic heterocycles. The van der Waals surface area contributed by atoms with Crippen LogP contribution in [0.25, 0.3) is 0 Å². The molecule has 0 spiro atoms. The number of carbonyl (C=O) groups excluding carboxylic acids is 1. The number of aliphatic hydroxyl groups excluding tert-OH is 1. The van der Waals surface area contributed by atoms with Crippen molar-refractivity contribution < 1.29 is 20.1 Å². The van der Waals surface area contributed by atoms with Gasteiger partial charge in [-0.1, -0.05) is 12.2 Å². The van der Waals surface area contributed by atoms with Gasteiger partial charge in [0.2, 0.25) is 0 Å². The van der Waals surface area contributed by atoms with Crippen LogP contribution in [-0.2, 0) is 4.79 Å². The van der Waals surface area contributed by atoms with Crippen molar-refractivity contribution in [2.45, 2.75) is 44.5 Å². The molecule has 0 saturated carbocycles. The van der Waals surface area contributed by atoms with Crippen LogP contribution in [-0.4, -0.2) is 38.4 Å². The molecule has 3 N–H and O–H groups in total. The van der Waals surface area contributed by atoms with E-state index in [1.165, 1.54) is 25.2 Å². The van der Waals surface area contributed by atoms with E-state index in [0.29, 0.717) is 5.57 Å². The highest BCUT2D eigenvalue weighted by atomic mass is 16.3. The number of carbonyl (C=O) groups is 1. The fourth-order valence-electron chi connectivity index (χ4n) is 1.52. The average molecular weight is 226 g/mol. The smallest absolute Gasteiger partial charge is 0.184 e. The summed E-state index contributed by atoms with van der Waals surface area (Å²) < 4.78 is 0. The van der Waals surface area contributed by atoms with Crippen LogP contribution < -0.4 is 0 Å². The van der Waals surface area contributed by atoms with Crippen molar-refractivity contribution in [3.63, 3.8) is 0 Å². The van der Waals surface area contributed by atoms with Gasteiger partial charge in [-0.05, 0) is 32.4 Å². The summed E-state index contributed by atoms with van der Waals surface area (Å²) in [5.41, 5.74) is -1.84. The summed E-state index contributed by atoms with van der Waals surface area (Å²) in [6.07, 6.45) is 3.07. The molecule has 2 atom stereocenters. The summed E-state index contributed by atoms with van der Waals surface area (Å²) in [5, 5.41) is 28.8. The summed E-state index contributed by atoms with van der Waals surface area (Å²) in [7, 11) is 0. The Morgan fingerprint density at radius 3 is 2.62 bits per heavy atom. The third kappa shape index (κ3) is 3.27. The Labute approximate surface area is 94.9 Å². The van der Waals surface area contributed by atoms with Crippen molar-refractivity contribution in [3.8, 4) is 0 Å². The van der Waals surface area contributed by atoms with Crippen molar-refractivity contribution in [2.75, 3.05) is 0 Å². The number of hydrogen-bond acceptors (Lipinski definition) is 4. The maximum absolute atomic E-state index is 11.3. The molecule has 1 aliphatic rings. The van der Waals surface area contributed by atoms with E-state index in [0.717, 1.165) is 0 Å². The lowest BCUT2D eigenvalue weighted by Crippen LogP contribution is -2.39. The van der Waals surface area contributed by atoms with Crippen LogP contribution in [0.1, 0.15) is 27.2 Å². The van der Waals surface area contributed by atoms with Gasteiger partial charge >= 0.3 is 0 Å². The van der Waals surface area contributed by atoms with Crippen molar-refractivity contribution in [3.05, 3.63) is 23.8 Å². The van der Waals surface area contributed by atoms with Gasteiger partial charge in [-0.15, -0.1) is 0 Å². The van der Waals surface area contributed by atoms with Gasteiger partial charge in [-0.3, -0.25) is 4.79 Å². The van der Waals surface area contributed by atoms with E-state index in [2.05, 4.69) is 0 Å². The molecule has 0 aromatic rings. The van der Waals surface area contributed by atoms with Crippen molar-refractivity contribution in [2.24, 2.45) is 0 Å². The standard InChI is InChI=1S/C12H18O4/c1-11(2,15)5-4-8-6-9(13)10(14)7-12(8,3)16/h4-6,10,14-16H,7H2,1-3H3/b5-4+/t10-,12+/m1/s1. The van der Waals surface area contributed by atoms with Gasteiger partial charge < -0.3 is 15.3 Å². The molecule has 0 heterocycles. The normalized spacial score (nSPS) is 32.0. The predicted octanol–water partition coefficient (Wildman–Crippen LogP) is 0.325. The fourth-order valence-corrected chi connectivity index (χ4v) is 1.52. The lowest BCUT2D eigenvalue weighted by Gasteiger charge is -2.31. The maximum atomic E-state index is 11.3. The highest BCUT2D eigenvalue weighted by Gasteiger charge is 2.35. The number of hydrogen-bond donors (Lipinski definition) is 3. The monoisotopic (exact) mass is 226 g/mol. The molecule has 0 saturated heterocycles. The minimum Gasteiger partial charge on any atom is -0.386 e. The van der Waals surface area contributed by atoms with Crippen molar-refractivity contribution in [1.29, 1.82) is 0 Å².